The van der Waals surface area contributed by atoms with E-state index in [9.17, 15) is 14.7 Å². The first kappa shape index (κ1) is 23.3. The number of nitrogens with one attached hydrogen (secondary N) is 1. The molecule has 0 spiro atoms. The van der Waals surface area contributed by atoms with Crippen molar-refractivity contribution in [1.29, 1.82) is 0 Å². The second kappa shape index (κ2) is 9.03. The summed E-state index contributed by atoms with van der Waals surface area (Å²) < 4.78 is 13.6. The Kier molecular flexibility index (Phi) is 6.80. The Balaban J connectivity index is 1.82. The third-order valence-corrected chi connectivity index (χ3v) is 7.81. The molecule has 1 amide bonds. The number of carbonyl (C=O) groups is 1. The summed E-state index contributed by atoms with van der Waals surface area (Å²) in [6, 6.07) is 10.3. The van der Waals surface area contributed by atoms with Crippen LogP contribution in [0.2, 0.25) is 13.1 Å². The van der Waals surface area contributed by atoms with Crippen LogP contribution in [0.5, 0.6) is 0 Å². The third-order valence-electron chi connectivity index (χ3n) is 5.36. The fraction of sp³-hybridized carbons (Fsp3) is 0.500. The van der Waals surface area contributed by atoms with Crippen LogP contribution in [0.4, 0.5) is 5.82 Å². The number of aliphatic hydroxyl groups is 1. The molecule has 0 saturated carbocycles. The van der Waals surface area contributed by atoms with Gasteiger partial charge in [0.05, 0.1) is 27.1 Å². The van der Waals surface area contributed by atoms with Gasteiger partial charge in [-0.15, -0.1) is 0 Å². The summed E-state index contributed by atoms with van der Waals surface area (Å²) in [5.74, 6) is -0.174. The third kappa shape index (κ3) is 5.30. The summed E-state index contributed by atoms with van der Waals surface area (Å²) >= 11 is 0. The minimum atomic E-state index is -1.65. The first-order valence-electron chi connectivity index (χ1n) is 10.5. The molecule has 1 aliphatic rings. The zero-order chi connectivity index (χ0) is 22.8. The Bertz CT molecular complexity index is 973. The zero-order valence-corrected chi connectivity index (χ0v) is 19.8. The molecule has 1 aromatic heterocycles. The first-order chi connectivity index (χ1) is 14.5. The van der Waals surface area contributed by atoms with Crippen LogP contribution >= 0.6 is 0 Å². The molecule has 1 saturated heterocycles. The van der Waals surface area contributed by atoms with Crippen molar-refractivity contribution in [3.63, 3.8) is 0 Å². The Morgan fingerprint density at radius 1 is 1.32 bits per heavy atom. The molecule has 2 heterocycles. The summed E-state index contributed by atoms with van der Waals surface area (Å²) in [5, 5.41) is 12.4. The van der Waals surface area contributed by atoms with Gasteiger partial charge in [0, 0.05) is 18.2 Å². The van der Waals surface area contributed by atoms with Crippen molar-refractivity contribution in [2.24, 2.45) is 0 Å². The summed E-state index contributed by atoms with van der Waals surface area (Å²) in [6.07, 6.45) is 0.606. The lowest BCUT2D eigenvalue weighted by molar-refractivity contribution is -0.114. The van der Waals surface area contributed by atoms with Crippen LogP contribution in [-0.2, 0) is 14.8 Å². The number of hydrogen-bond donors (Lipinski definition) is 2. The van der Waals surface area contributed by atoms with Crippen LogP contribution in [0.1, 0.15) is 37.6 Å². The van der Waals surface area contributed by atoms with E-state index < -0.39 is 32.0 Å². The van der Waals surface area contributed by atoms with Crippen molar-refractivity contribution in [3.8, 4) is 0 Å². The fourth-order valence-corrected chi connectivity index (χ4v) is 5.55. The second-order valence-corrected chi connectivity index (χ2v) is 12.3. The van der Waals surface area contributed by atoms with Gasteiger partial charge >= 0.3 is 5.69 Å². The Morgan fingerprint density at radius 3 is 2.58 bits per heavy atom. The number of carbonyl (C=O) groups excluding carboxylic acids is 1. The first-order valence-corrected chi connectivity index (χ1v) is 13.4. The van der Waals surface area contributed by atoms with Crippen LogP contribution in [0.15, 0.2) is 47.4 Å². The lowest BCUT2D eigenvalue weighted by atomic mass is 10.1. The highest BCUT2D eigenvalue weighted by atomic mass is 28.3. The number of amides is 1. The lowest BCUT2D eigenvalue weighted by Gasteiger charge is -2.34. The van der Waals surface area contributed by atoms with Gasteiger partial charge in [0.15, 0.2) is 0 Å². The van der Waals surface area contributed by atoms with E-state index in [-0.39, 0.29) is 23.9 Å². The van der Waals surface area contributed by atoms with Crippen molar-refractivity contribution in [2.75, 3.05) is 11.9 Å². The van der Waals surface area contributed by atoms with Gasteiger partial charge in [0.25, 0.3) is 5.91 Å². The molecule has 1 aliphatic heterocycles. The van der Waals surface area contributed by atoms with E-state index in [1.807, 2.05) is 26.8 Å². The number of ether oxygens (including phenoxy) is 2. The number of anilines is 1. The number of aliphatic hydroxyl groups excluding tert-OH is 1. The maximum atomic E-state index is 12.9. The Labute approximate surface area is 183 Å². The summed E-state index contributed by atoms with van der Waals surface area (Å²) in [5.41, 5.74) is -0.416. The number of aromatic nitrogens is 2. The molecule has 0 bridgehead atoms. The highest BCUT2D eigenvalue weighted by Crippen LogP contribution is 2.37. The number of rotatable bonds is 6. The lowest BCUT2D eigenvalue weighted by Crippen LogP contribution is -2.51. The average molecular weight is 446 g/mol. The van der Waals surface area contributed by atoms with Crippen molar-refractivity contribution < 1.29 is 19.4 Å². The predicted molar refractivity (Wildman–Crippen MR) is 121 cm³/mol. The summed E-state index contributed by atoms with van der Waals surface area (Å²) in [6.45, 7) is 10.2. The van der Waals surface area contributed by atoms with Crippen molar-refractivity contribution in [1.82, 2.24) is 9.55 Å². The normalized spacial score (nSPS) is 23.8. The molecule has 1 aromatic carbocycles. The minimum Gasteiger partial charge on any atom is -0.390 e. The van der Waals surface area contributed by atoms with Gasteiger partial charge in [-0.25, -0.2) is 4.79 Å². The summed E-state index contributed by atoms with van der Waals surface area (Å²) in [7, 11) is -1.65. The molecular formula is C22H31N3O5Si. The van der Waals surface area contributed by atoms with E-state index in [0.29, 0.717) is 12.0 Å². The van der Waals surface area contributed by atoms with Crippen LogP contribution in [0.3, 0.4) is 0 Å². The van der Waals surface area contributed by atoms with Gasteiger partial charge in [-0.05, 0) is 39.0 Å². The SMILES string of the molecule is C[SiH](C)[C@]1(n2ccc(NC(=O)c3ccccc3)nc2=O)C[C@H](O)[C@H](COC(C)(C)C)O1. The molecule has 2 N–H and O–H groups in total. The van der Waals surface area contributed by atoms with Crippen molar-refractivity contribution in [3.05, 3.63) is 58.6 Å². The van der Waals surface area contributed by atoms with Gasteiger partial charge in [0.1, 0.15) is 17.3 Å². The van der Waals surface area contributed by atoms with E-state index in [0.717, 1.165) is 0 Å². The van der Waals surface area contributed by atoms with Gasteiger partial charge in [0.2, 0.25) is 0 Å². The zero-order valence-electron chi connectivity index (χ0n) is 18.7. The Hall–Kier alpha value is -2.33. The molecule has 0 unspecified atom stereocenters. The van der Waals surface area contributed by atoms with Crippen LogP contribution in [-0.4, -0.2) is 53.8 Å². The second-order valence-electron chi connectivity index (χ2n) is 9.14. The fourth-order valence-electron chi connectivity index (χ4n) is 3.64. The van der Waals surface area contributed by atoms with Gasteiger partial charge in [-0.2, -0.15) is 4.98 Å². The highest BCUT2D eigenvalue weighted by molar-refractivity contribution is 6.58. The van der Waals surface area contributed by atoms with E-state index in [4.69, 9.17) is 9.47 Å². The maximum absolute atomic E-state index is 12.9. The van der Waals surface area contributed by atoms with Crippen molar-refractivity contribution >= 4 is 20.5 Å². The molecule has 0 aliphatic carbocycles. The minimum absolute atomic E-state index is 0.168. The molecule has 3 atom stereocenters. The topological polar surface area (TPSA) is 103 Å². The number of nitrogens with zero attached hydrogens (tertiary/aromatic N) is 2. The van der Waals surface area contributed by atoms with Gasteiger partial charge in [-0.3, -0.25) is 9.36 Å². The molecule has 0 radical (unpaired) electrons. The standard InChI is InChI=1S/C22H31N3O5Si/c1-21(2,3)29-14-17-16(26)13-22(30-17,31(4)5)25-12-11-18(24-20(25)28)23-19(27)15-9-7-6-8-10-15/h6-12,16-17,26,31H,13-14H2,1-5H3,(H,23,24,27,28)/t16-,17-,22-/m0/s1. The molecule has 168 valence electrons. The smallest absolute Gasteiger partial charge is 0.351 e. The quantitative estimate of drug-likeness (QED) is 0.661. The average Bonchev–Trinajstić information content (AvgIpc) is 3.04. The Morgan fingerprint density at radius 2 is 2.00 bits per heavy atom. The van der Waals surface area contributed by atoms with Gasteiger partial charge in [-0.1, -0.05) is 31.3 Å². The molecule has 8 nitrogen and oxygen atoms in total. The van der Waals surface area contributed by atoms with E-state index in [2.05, 4.69) is 23.4 Å². The summed E-state index contributed by atoms with van der Waals surface area (Å²) in [4.78, 5) is 29.3. The van der Waals surface area contributed by atoms with Crippen LogP contribution in [0.25, 0.3) is 0 Å². The van der Waals surface area contributed by atoms with E-state index >= 15 is 0 Å². The molecule has 1 fully saturated rings. The molecular weight excluding hydrogens is 414 g/mol. The van der Waals surface area contributed by atoms with Crippen LogP contribution in [0, 0.1) is 0 Å². The number of hydrogen-bond acceptors (Lipinski definition) is 6. The molecule has 31 heavy (non-hydrogen) atoms. The number of benzene rings is 1. The largest absolute Gasteiger partial charge is 0.390 e. The predicted octanol–water partition coefficient (Wildman–Crippen LogP) is 2.14. The van der Waals surface area contributed by atoms with Gasteiger partial charge < -0.3 is 19.9 Å². The molecule has 2 aromatic rings. The van der Waals surface area contributed by atoms with Crippen LogP contribution < -0.4 is 11.0 Å². The molecule has 3 rings (SSSR count). The monoisotopic (exact) mass is 445 g/mol. The van der Waals surface area contributed by atoms with E-state index in [1.54, 1.807) is 36.5 Å². The van der Waals surface area contributed by atoms with Crippen molar-refractivity contribution in [2.45, 2.75) is 63.4 Å². The maximum Gasteiger partial charge on any atom is 0.351 e. The molecule has 9 heteroatoms. The van der Waals surface area contributed by atoms with E-state index in [1.165, 1.54) is 4.57 Å². The highest BCUT2D eigenvalue weighted by Gasteiger charge is 2.50.